The third-order valence-corrected chi connectivity index (χ3v) is 5.13. The second-order valence-corrected chi connectivity index (χ2v) is 7.32. The van der Waals surface area contributed by atoms with E-state index in [4.69, 9.17) is 9.47 Å². The van der Waals surface area contributed by atoms with Crippen molar-refractivity contribution in [3.63, 3.8) is 0 Å². The molecule has 4 rings (SSSR count). The molecule has 1 fully saturated rings. The van der Waals surface area contributed by atoms with Crippen molar-refractivity contribution in [1.29, 1.82) is 0 Å². The van der Waals surface area contributed by atoms with Crippen LogP contribution in [0.4, 0.5) is 10.5 Å². The number of ether oxygens (including phenoxy) is 2. The second kappa shape index (κ2) is 8.97. The predicted molar refractivity (Wildman–Crippen MR) is 109 cm³/mol. The summed E-state index contributed by atoms with van der Waals surface area (Å²) in [5.74, 6) is 1.37. The van der Waals surface area contributed by atoms with Crippen LogP contribution in [0.1, 0.15) is 30.4 Å². The number of nitrogens with zero attached hydrogens (tertiary/aromatic N) is 1. The Morgan fingerprint density at radius 2 is 1.61 bits per heavy atom. The van der Waals surface area contributed by atoms with Crippen LogP contribution in [-0.4, -0.2) is 37.2 Å². The molecule has 6 heteroatoms. The van der Waals surface area contributed by atoms with Gasteiger partial charge >= 0.3 is 6.03 Å². The maximum absolute atomic E-state index is 12.2. The Kier molecular flexibility index (Phi) is 5.97. The lowest BCUT2D eigenvalue weighted by Crippen LogP contribution is -2.29. The van der Waals surface area contributed by atoms with Crippen molar-refractivity contribution >= 4 is 11.7 Å². The van der Waals surface area contributed by atoms with Gasteiger partial charge in [-0.05, 0) is 49.2 Å². The first-order chi connectivity index (χ1) is 13.8. The van der Waals surface area contributed by atoms with Gasteiger partial charge in [-0.15, -0.1) is 0 Å². The largest absolute Gasteiger partial charge is 0.486 e. The van der Waals surface area contributed by atoms with Gasteiger partial charge in [0.25, 0.3) is 0 Å². The molecule has 0 atom stereocenters. The van der Waals surface area contributed by atoms with Crippen molar-refractivity contribution in [2.45, 2.75) is 32.4 Å². The van der Waals surface area contributed by atoms with Crippen molar-refractivity contribution < 1.29 is 14.3 Å². The number of piperidine rings is 1. The molecule has 28 heavy (non-hydrogen) atoms. The Morgan fingerprint density at radius 3 is 2.39 bits per heavy atom. The molecule has 6 nitrogen and oxygen atoms in total. The van der Waals surface area contributed by atoms with Gasteiger partial charge in [0, 0.05) is 24.8 Å². The molecule has 0 unspecified atom stereocenters. The topological polar surface area (TPSA) is 62.8 Å². The van der Waals surface area contributed by atoms with E-state index in [0.29, 0.717) is 36.9 Å². The van der Waals surface area contributed by atoms with E-state index in [0.717, 1.165) is 12.1 Å². The fourth-order valence-corrected chi connectivity index (χ4v) is 3.62. The standard InChI is InChI=1S/C22H27N3O3/c26-22(24-19-8-9-20-21(14-19)28-13-12-27-20)23-15-17-4-6-18(7-5-17)16-25-10-2-1-3-11-25/h4-9,14H,1-3,10-13,15-16H2,(H2,23,24,26). The summed E-state index contributed by atoms with van der Waals surface area (Å²) in [4.78, 5) is 14.7. The van der Waals surface area contributed by atoms with Crippen molar-refractivity contribution in [2.24, 2.45) is 0 Å². The SMILES string of the molecule is O=C(NCc1ccc(CN2CCCCC2)cc1)Nc1ccc2c(c1)OCCO2. The monoisotopic (exact) mass is 381 g/mol. The number of carbonyl (C=O) groups is 1. The number of likely N-dealkylation sites (tertiary alicyclic amines) is 1. The van der Waals surface area contributed by atoms with E-state index in [9.17, 15) is 4.79 Å². The molecule has 1 saturated heterocycles. The Balaban J connectivity index is 1.25. The number of fused-ring (bicyclic) bond motifs is 1. The summed E-state index contributed by atoms with van der Waals surface area (Å²) in [6.07, 6.45) is 3.97. The molecule has 0 aromatic heterocycles. The molecule has 2 aromatic carbocycles. The molecular weight excluding hydrogens is 354 g/mol. The van der Waals surface area contributed by atoms with Crippen molar-refractivity contribution in [1.82, 2.24) is 10.2 Å². The minimum atomic E-state index is -0.242. The highest BCUT2D eigenvalue weighted by Gasteiger charge is 2.13. The van der Waals surface area contributed by atoms with Crippen LogP contribution >= 0.6 is 0 Å². The molecule has 0 saturated carbocycles. The van der Waals surface area contributed by atoms with Crippen LogP contribution < -0.4 is 20.1 Å². The number of urea groups is 1. The first-order valence-electron chi connectivity index (χ1n) is 10.0. The summed E-state index contributed by atoms with van der Waals surface area (Å²) in [7, 11) is 0. The fraction of sp³-hybridized carbons (Fsp3) is 0.409. The van der Waals surface area contributed by atoms with E-state index < -0.39 is 0 Å². The molecule has 148 valence electrons. The van der Waals surface area contributed by atoms with Gasteiger partial charge in [-0.3, -0.25) is 4.90 Å². The summed E-state index contributed by atoms with van der Waals surface area (Å²) >= 11 is 0. The average Bonchev–Trinajstić information content (AvgIpc) is 2.74. The molecule has 0 radical (unpaired) electrons. The zero-order valence-electron chi connectivity index (χ0n) is 16.1. The summed E-state index contributed by atoms with van der Waals surface area (Å²) in [5, 5.41) is 5.73. The number of benzene rings is 2. The van der Waals surface area contributed by atoms with Crippen LogP contribution in [0.3, 0.4) is 0 Å². The summed E-state index contributed by atoms with van der Waals surface area (Å²) < 4.78 is 11.0. The normalized spacial score (nSPS) is 16.4. The summed E-state index contributed by atoms with van der Waals surface area (Å²) in [5.41, 5.74) is 3.09. The number of rotatable bonds is 5. The Hall–Kier alpha value is -2.73. The lowest BCUT2D eigenvalue weighted by Gasteiger charge is -2.26. The number of nitrogens with one attached hydrogen (secondary N) is 2. The first kappa shape index (κ1) is 18.6. The average molecular weight is 381 g/mol. The van der Waals surface area contributed by atoms with E-state index in [1.165, 1.54) is 37.9 Å². The van der Waals surface area contributed by atoms with Crippen molar-refractivity contribution in [3.8, 4) is 11.5 Å². The van der Waals surface area contributed by atoms with Gasteiger partial charge in [-0.2, -0.15) is 0 Å². The molecule has 2 amide bonds. The van der Waals surface area contributed by atoms with E-state index in [-0.39, 0.29) is 6.03 Å². The quantitative estimate of drug-likeness (QED) is 0.828. The Bertz CT molecular complexity index is 801. The van der Waals surface area contributed by atoms with Gasteiger partial charge in [-0.25, -0.2) is 4.79 Å². The Morgan fingerprint density at radius 1 is 0.893 bits per heavy atom. The van der Waals surface area contributed by atoms with Gasteiger partial charge < -0.3 is 20.1 Å². The van der Waals surface area contributed by atoms with Crippen LogP contribution in [-0.2, 0) is 13.1 Å². The highest BCUT2D eigenvalue weighted by Crippen LogP contribution is 2.32. The predicted octanol–water partition coefficient (Wildman–Crippen LogP) is 3.77. The van der Waals surface area contributed by atoms with E-state index in [2.05, 4.69) is 39.8 Å². The van der Waals surface area contributed by atoms with Crippen LogP contribution in [0.25, 0.3) is 0 Å². The van der Waals surface area contributed by atoms with Crippen LogP contribution in [0.5, 0.6) is 11.5 Å². The highest BCUT2D eigenvalue weighted by molar-refractivity contribution is 5.89. The molecule has 0 bridgehead atoms. The first-order valence-corrected chi connectivity index (χ1v) is 10.0. The van der Waals surface area contributed by atoms with Crippen LogP contribution in [0, 0.1) is 0 Å². The number of amides is 2. The fourth-order valence-electron chi connectivity index (χ4n) is 3.62. The van der Waals surface area contributed by atoms with Crippen molar-refractivity contribution in [3.05, 3.63) is 53.6 Å². The van der Waals surface area contributed by atoms with E-state index in [1.54, 1.807) is 6.07 Å². The van der Waals surface area contributed by atoms with Crippen LogP contribution in [0.15, 0.2) is 42.5 Å². The molecule has 0 aliphatic carbocycles. The number of hydrogen-bond donors (Lipinski definition) is 2. The second-order valence-electron chi connectivity index (χ2n) is 7.32. The number of anilines is 1. The van der Waals surface area contributed by atoms with Gasteiger partial charge in [0.1, 0.15) is 13.2 Å². The van der Waals surface area contributed by atoms with Gasteiger partial charge in [-0.1, -0.05) is 30.7 Å². The molecule has 2 aromatic rings. The highest BCUT2D eigenvalue weighted by atomic mass is 16.6. The zero-order valence-corrected chi connectivity index (χ0v) is 16.1. The lowest BCUT2D eigenvalue weighted by atomic mass is 10.1. The van der Waals surface area contributed by atoms with Gasteiger partial charge in [0.05, 0.1) is 0 Å². The third kappa shape index (κ3) is 4.95. The molecule has 2 aliphatic heterocycles. The molecule has 0 spiro atoms. The smallest absolute Gasteiger partial charge is 0.319 e. The van der Waals surface area contributed by atoms with Crippen LogP contribution in [0.2, 0.25) is 0 Å². The molecule has 2 heterocycles. The van der Waals surface area contributed by atoms with Crippen molar-refractivity contribution in [2.75, 3.05) is 31.6 Å². The molecule has 2 aliphatic rings. The summed E-state index contributed by atoms with van der Waals surface area (Å²) in [6.45, 7) is 4.97. The number of carbonyl (C=O) groups excluding carboxylic acids is 1. The Labute approximate surface area is 165 Å². The lowest BCUT2D eigenvalue weighted by molar-refractivity contribution is 0.171. The minimum absolute atomic E-state index is 0.242. The summed E-state index contributed by atoms with van der Waals surface area (Å²) in [6, 6.07) is 13.6. The molecular formula is C22H27N3O3. The third-order valence-electron chi connectivity index (χ3n) is 5.13. The number of hydrogen-bond acceptors (Lipinski definition) is 4. The van der Waals surface area contributed by atoms with Gasteiger partial charge in [0.15, 0.2) is 11.5 Å². The zero-order chi connectivity index (χ0) is 19.2. The minimum Gasteiger partial charge on any atom is -0.486 e. The maximum Gasteiger partial charge on any atom is 0.319 e. The maximum atomic E-state index is 12.2. The van der Waals surface area contributed by atoms with E-state index in [1.807, 2.05) is 12.1 Å². The van der Waals surface area contributed by atoms with E-state index >= 15 is 0 Å². The molecule has 2 N–H and O–H groups in total. The van der Waals surface area contributed by atoms with Gasteiger partial charge in [0.2, 0.25) is 0 Å².